The molecule has 0 aliphatic heterocycles. The summed E-state index contributed by atoms with van der Waals surface area (Å²) in [6.07, 6.45) is 3.72. The highest BCUT2D eigenvalue weighted by molar-refractivity contribution is 7.89. The van der Waals surface area contributed by atoms with Gasteiger partial charge in [0.15, 0.2) is 11.3 Å². The van der Waals surface area contributed by atoms with Gasteiger partial charge in [0.2, 0.25) is 10.0 Å². The van der Waals surface area contributed by atoms with Crippen LogP contribution in [0.25, 0.3) is 11.0 Å². The number of para-hydroxylation sites is 1. The second kappa shape index (κ2) is 8.52. The zero-order valence-electron chi connectivity index (χ0n) is 16.9. The minimum atomic E-state index is -3.62. The number of benzene rings is 2. The van der Waals surface area contributed by atoms with Crippen molar-refractivity contribution in [3.8, 4) is 5.75 Å². The van der Waals surface area contributed by atoms with Gasteiger partial charge >= 0.3 is 5.63 Å². The first kappa shape index (κ1) is 21.1. The molecule has 0 unspecified atom stereocenters. The van der Waals surface area contributed by atoms with Crippen molar-refractivity contribution < 1.29 is 22.4 Å². The summed E-state index contributed by atoms with van der Waals surface area (Å²) in [6, 6.07) is 12.3. The lowest BCUT2D eigenvalue weighted by molar-refractivity contribution is 0.102. The summed E-state index contributed by atoms with van der Waals surface area (Å²) in [5, 5.41) is 3.14. The molecule has 0 spiro atoms. The van der Waals surface area contributed by atoms with E-state index in [1.165, 1.54) is 37.4 Å². The molecule has 2 aromatic carbocycles. The molecule has 0 saturated heterocycles. The molecular formula is C22H22N2O6S. The molecule has 1 saturated carbocycles. The number of sulfonamides is 1. The molecule has 4 rings (SSSR count). The summed E-state index contributed by atoms with van der Waals surface area (Å²) >= 11 is 0. The predicted molar refractivity (Wildman–Crippen MR) is 116 cm³/mol. The van der Waals surface area contributed by atoms with Crippen molar-refractivity contribution in [1.82, 2.24) is 4.72 Å². The Morgan fingerprint density at radius 2 is 1.81 bits per heavy atom. The molecule has 1 fully saturated rings. The SMILES string of the molecule is COc1cccc2cc(C(=O)Nc3ccc(S(=O)(=O)NC4CCCC4)cc3)c(=O)oc12. The molecule has 3 aromatic rings. The smallest absolute Gasteiger partial charge is 0.349 e. The molecule has 1 amide bonds. The van der Waals surface area contributed by atoms with E-state index in [4.69, 9.17) is 9.15 Å². The van der Waals surface area contributed by atoms with Crippen LogP contribution in [0.15, 0.2) is 62.6 Å². The van der Waals surface area contributed by atoms with Crippen LogP contribution in [-0.2, 0) is 10.0 Å². The van der Waals surface area contributed by atoms with Crippen molar-refractivity contribution in [3.63, 3.8) is 0 Å². The molecule has 162 valence electrons. The Labute approximate surface area is 179 Å². The Morgan fingerprint density at radius 3 is 2.48 bits per heavy atom. The lowest BCUT2D eigenvalue weighted by atomic mass is 10.1. The summed E-state index contributed by atoms with van der Waals surface area (Å²) in [5.74, 6) is -0.261. The number of nitrogens with one attached hydrogen (secondary N) is 2. The second-order valence-corrected chi connectivity index (χ2v) is 9.12. The number of fused-ring (bicyclic) bond motifs is 1. The van der Waals surface area contributed by atoms with Crippen molar-refractivity contribution >= 4 is 32.6 Å². The Morgan fingerprint density at radius 1 is 1.10 bits per heavy atom. The first-order valence-electron chi connectivity index (χ1n) is 9.92. The van der Waals surface area contributed by atoms with Crippen molar-refractivity contribution in [3.05, 3.63) is 64.5 Å². The number of carbonyl (C=O) groups is 1. The molecule has 0 atom stereocenters. The molecule has 0 radical (unpaired) electrons. The summed E-state index contributed by atoms with van der Waals surface area (Å²) in [7, 11) is -2.16. The fourth-order valence-corrected chi connectivity index (χ4v) is 4.99. The number of ether oxygens (including phenoxy) is 1. The first-order chi connectivity index (χ1) is 14.9. The number of hydrogen-bond acceptors (Lipinski definition) is 6. The minimum absolute atomic E-state index is 0.0323. The van der Waals surface area contributed by atoms with Gasteiger partial charge in [-0.15, -0.1) is 0 Å². The van der Waals surface area contributed by atoms with Crippen molar-refractivity contribution in [2.24, 2.45) is 0 Å². The third-order valence-electron chi connectivity index (χ3n) is 5.29. The van der Waals surface area contributed by atoms with Crippen LogP contribution in [0.1, 0.15) is 36.0 Å². The highest BCUT2D eigenvalue weighted by Gasteiger charge is 2.23. The molecule has 9 heteroatoms. The van der Waals surface area contributed by atoms with Gasteiger partial charge in [0.05, 0.1) is 12.0 Å². The second-order valence-electron chi connectivity index (χ2n) is 7.41. The first-order valence-corrected chi connectivity index (χ1v) is 11.4. The Hall–Kier alpha value is -3.17. The van der Waals surface area contributed by atoms with E-state index in [0.29, 0.717) is 16.8 Å². The van der Waals surface area contributed by atoms with Gasteiger partial charge in [0.1, 0.15) is 5.56 Å². The number of carbonyl (C=O) groups excluding carboxylic acids is 1. The number of anilines is 1. The highest BCUT2D eigenvalue weighted by atomic mass is 32.2. The van der Waals surface area contributed by atoms with Crippen molar-refractivity contribution in [2.75, 3.05) is 12.4 Å². The zero-order valence-corrected chi connectivity index (χ0v) is 17.7. The summed E-state index contributed by atoms with van der Waals surface area (Å²) < 4.78 is 38.2. The largest absolute Gasteiger partial charge is 0.493 e. The van der Waals surface area contributed by atoms with E-state index in [9.17, 15) is 18.0 Å². The van der Waals surface area contributed by atoms with Gasteiger partial charge in [-0.2, -0.15) is 0 Å². The van der Waals surface area contributed by atoms with E-state index in [0.717, 1.165) is 25.7 Å². The van der Waals surface area contributed by atoms with Crippen LogP contribution in [0.2, 0.25) is 0 Å². The number of hydrogen-bond donors (Lipinski definition) is 2. The van der Waals surface area contributed by atoms with Gasteiger partial charge in [-0.3, -0.25) is 4.79 Å². The van der Waals surface area contributed by atoms with Crippen LogP contribution >= 0.6 is 0 Å². The van der Waals surface area contributed by atoms with E-state index in [1.807, 2.05) is 0 Å². The average molecular weight is 442 g/mol. The molecule has 31 heavy (non-hydrogen) atoms. The molecule has 2 N–H and O–H groups in total. The van der Waals surface area contributed by atoms with E-state index in [1.54, 1.807) is 18.2 Å². The lowest BCUT2D eigenvalue weighted by Gasteiger charge is -2.13. The van der Waals surface area contributed by atoms with Crippen molar-refractivity contribution in [2.45, 2.75) is 36.6 Å². The average Bonchev–Trinajstić information content (AvgIpc) is 3.25. The predicted octanol–water partition coefficient (Wildman–Crippen LogP) is 3.27. The van der Waals surface area contributed by atoms with Crippen LogP contribution in [-0.4, -0.2) is 27.5 Å². The van der Waals surface area contributed by atoms with Gasteiger partial charge in [0, 0.05) is 17.1 Å². The summed E-state index contributed by atoms with van der Waals surface area (Å²) in [5.41, 5.74) is -0.347. The fourth-order valence-electron chi connectivity index (χ4n) is 3.68. The van der Waals surface area contributed by atoms with E-state index in [2.05, 4.69) is 10.0 Å². The third-order valence-corrected chi connectivity index (χ3v) is 6.82. The van der Waals surface area contributed by atoms with E-state index >= 15 is 0 Å². The Kier molecular flexibility index (Phi) is 5.79. The molecule has 1 aromatic heterocycles. The standard InChI is InChI=1S/C22H22N2O6S/c1-29-19-8-4-5-14-13-18(22(26)30-20(14)19)21(25)23-15-9-11-17(12-10-15)31(27,28)24-16-6-2-3-7-16/h4-5,8-13,16,24H,2-3,6-7H2,1H3,(H,23,25). The van der Waals surface area contributed by atoms with Gasteiger partial charge < -0.3 is 14.5 Å². The van der Waals surface area contributed by atoms with Crippen LogP contribution in [0.5, 0.6) is 5.75 Å². The topological polar surface area (TPSA) is 115 Å². The van der Waals surface area contributed by atoms with Gasteiger partial charge in [-0.25, -0.2) is 17.9 Å². The maximum atomic E-state index is 12.6. The molecule has 1 aliphatic carbocycles. The molecular weight excluding hydrogens is 420 g/mol. The third kappa shape index (κ3) is 4.47. The Bertz CT molecular complexity index is 1280. The maximum absolute atomic E-state index is 12.6. The monoisotopic (exact) mass is 442 g/mol. The Balaban J connectivity index is 1.52. The number of rotatable bonds is 6. The van der Waals surface area contributed by atoms with E-state index < -0.39 is 21.6 Å². The van der Waals surface area contributed by atoms with Crippen LogP contribution in [0.3, 0.4) is 0 Å². The summed E-state index contributed by atoms with van der Waals surface area (Å²) in [6.45, 7) is 0. The quantitative estimate of drug-likeness (QED) is 0.566. The van der Waals surface area contributed by atoms with Crippen molar-refractivity contribution in [1.29, 1.82) is 0 Å². The van der Waals surface area contributed by atoms with Crippen LogP contribution < -0.4 is 20.4 Å². The lowest BCUT2D eigenvalue weighted by Crippen LogP contribution is -2.32. The van der Waals surface area contributed by atoms with E-state index in [-0.39, 0.29) is 22.1 Å². The zero-order chi connectivity index (χ0) is 22.0. The van der Waals surface area contributed by atoms with Gasteiger partial charge in [-0.05, 0) is 49.2 Å². The van der Waals surface area contributed by atoms with Crippen LogP contribution in [0.4, 0.5) is 5.69 Å². The molecule has 8 nitrogen and oxygen atoms in total. The molecule has 0 bridgehead atoms. The maximum Gasteiger partial charge on any atom is 0.349 e. The van der Waals surface area contributed by atoms with Gasteiger partial charge in [-0.1, -0.05) is 25.0 Å². The fraction of sp³-hybridized carbons (Fsp3) is 0.273. The number of methoxy groups -OCH3 is 1. The summed E-state index contributed by atoms with van der Waals surface area (Å²) in [4.78, 5) is 25.0. The normalized spacial score (nSPS) is 14.6. The minimum Gasteiger partial charge on any atom is -0.493 e. The highest BCUT2D eigenvalue weighted by Crippen LogP contribution is 2.25. The van der Waals surface area contributed by atoms with Gasteiger partial charge in [0.25, 0.3) is 5.91 Å². The molecule has 1 heterocycles. The number of amides is 1. The van der Waals surface area contributed by atoms with Crippen LogP contribution in [0, 0.1) is 0 Å². The molecule has 1 aliphatic rings.